The largest absolute Gasteiger partial charge is 0.496 e. The van der Waals surface area contributed by atoms with Gasteiger partial charge in [0.25, 0.3) is 0 Å². The molecule has 0 aliphatic rings. The number of hydrogen-bond acceptors (Lipinski definition) is 4. The molecule has 0 saturated heterocycles. The SMILES string of the molecule is COc1ccccc1C(NN)c1cc2ccccc2o1. The van der Waals surface area contributed by atoms with Gasteiger partial charge in [0, 0.05) is 10.9 Å². The summed E-state index contributed by atoms with van der Waals surface area (Å²) in [5.74, 6) is 7.25. The minimum absolute atomic E-state index is 0.251. The van der Waals surface area contributed by atoms with Gasteiger partial charge in [-0.05, 0) is 18.2 Å². The summed E-state index contributed by atoms with van der Waals surface area (Å²) in [7, 11) is 1.64. The second-order valence-corrected chi connectivity index (χ2v) is 4.53. The Balaban J connectivity index is 2.09. The van der Waals surface area contributed by atoms with Gasteiger partial charge in [-0.1, -0.05) is 36.4 Å². The molecule has 0 aliphatic carbocycles. The van der Waals surface area contributed by atoms with Crippen molar-refractivity contribution in [3.8, 4) is 5.75 Å². The third kappa shape index (κ3) is 2.15. The zero-order chi connectivity index (χ0) is 13.9. The summed E-state index contributed by atoms with van der Waals surface area (Å²) in [6, 6.07) is 17.4. The summed E-state index contributed by atoms with van der Waals surface area (Å²) >= 11 is 0. The zero-order valence-electron chi connectivity index (χ0n) is 11.2. The van der Waals surface area contributed by atoms with E-state index in [1.165, 1.54) is 0 Å². The standard InChI is InChI=1S/C16H16N2O2/c1-19-14-9-5-3-7-12(14)16(18-17)15-10-11-6-2-4-8-13(11)20-15/h2-10,16,18H,17H2,1H3. The molecule has 0 spiro atoms. The lowest BCUT2D eigenvalue weighted by Gasteiger charge is -2.16. The van der Waals surface area contributed by atoms with E-state index in [1.54, 1.807) is 7.11 Å². The summed E-state index contributed by atoms with van der Waals surface area (Å²) in [4.78, 5) is 0. The Morgan fingerprint density at radius 2 is 1.85 bits per heavy atom. The molecule has 3 N–H and O–H groups in total. The Bertz CT molecular complexity index is 688. The monoisotopic (exact) mass is 268 g/mol. The van der Waals surface area contributed by atoms with Crippen molar-refractivity contribution in [1.29, 1.82) is 0 Å². The van der Waals surface area contributed by atoms with E-state index in [0.29, 0.717) is 0 Å². The number of rotatable bonds is 4. The van der Waals surface area contributed by atoms with Crippen LogP contribution in [0.1, 0.15) is 17.4 Å². The number of para-hydroxylation sites is 2. The first-order valence-corrected chi connectivity index (χ1v) is 6.41. The molecule has 20 heavy (non-hydrogen) atoms. The van der Waals surface area contributed by atoms with Crippen LogP contribution in [-0.4, -0.2) is 7.11 Å². The van der Waals surface area contributed by atoms with Gasteiger partial charge in [0.1, 0.15) is 23.1 Å². The Morgan fingerprint density at radius 1 is 1.10 bits per heavy atom. The summed E-state index contributed by atoms with van der Waals surface area (Å²) in [5.41, 5.74) is 4.58. The molecular formula is C16H16N2O2. The molecule has 0 bridgehead atoms. The number of methoxy groups -OCH3 is 1. The van der Waals surface area contributed by atoms with Crippen molar-refractivity contribution in [2.24, 2.45) is 5.84 Å². The third-order valence-corrected chi connectivity index (χ3v) is 3.35. The van der Waals surface area contributed by atoms with Crippen molar-refractivity contribution in [2.75, 3.05) is 7.11 Å². The molecule has 4 nitrogen and oxygen atoms in total. The van der Waals surface area contributed by atoms with Gasteiger partial charge in [-0.25, -0.2) is 5.43 Å². The van der Waals surface area contributed by atoms with Gasteiger partial charge in [0.05, 0.1) is 7.11 Å². The van der Waals surface area contributed by atoms with Crippen molar-refractivity contribution >= 4 is 11.0 Å². The Morgan fingerprint density at radius 3 is 2.60 bits per heavy atom. The molecule has 4 heteroatoms. The van der Waals surface area contributed by atoms with E-state index < -0.39 is 0 Å². The van der Waals surface area contributed by atoms with Crippen LogP contribution >= 0.6 is 0 Å². The average molecular weight is 268 g/mol. The topological polar surface area (TPSA) is 60.4 Å². The number of furan rings is 1. The maximum Gasteiger partial charge on any atom is 0.134 e. The van der Waals surface area contributed by atoms with Crippen LogP contribution < -0.4 is 16.0 Å². The fraction of sp³-hybridized carbons (Fsp3) is 0.125. The highest BCUT2D eigenvalue weighted by molar-refractivity contribution is 5.78. The van der Waals surface area contributed by atoms with Gasteiger partial charge in [-0.2, -0.15) is 0 Å². The highest BCUT2D eigenvalue weighted by atomic mass is 16.5. The number of fused-ring (bicyclic) bond motifs is 1. The van der Waals surface area contributed by atoms with Gasteiger partial charge in [0.15, 0.2) is 0 Å². The maximum atomic E-state index is 5.88. The van der Waals surface area contributed by atoms with E-state index in [2.05, 4.69) is 5.43 Å². The molecule has 1 heterocycles. The minimum Gasteiger partial charge on any atom is -0.496 e. The van der Waals surface area contributed by atoms with Gasteiger partial charge in [-0.3, -0.25) is 5.84 Å². The lowest BCUT2D eigenvalue weighted by Crippen LogP contribution is -2.28. The minimum atomic E-state index is -0.251. The highest BCUT2D eigenvalue weighted by Crippen LogP contribution is 2.32. The third-order valence-electron chi connectivity index (χ3n) is 3.35. The predicted molar refractivity (Wildman–Crippen MR) is 78.4 cm³/mol. The molecule has 1 unspecified atom stereocenters. The van der Waals surface area contributed by atoms with Crippen LogP contribution in [-0.2, 0) is 0 Å². The van der Waals surface area contributed by atoms with Crippen LogP contribution in [0.15, 0.2) is 59.0 Å². The average Bonchev–Trinajstić information content (AvgIpc) is 2.92. The quantitative estimate of drug-likeness (QED) is 0.564. The van der Waals surface area contributed by atoms with Crippen LogP contribution in [0.3, 0.4) is 0 Å². The van der Waals surface area contributed by atoms with Crippen LogP contribution in [0.4, 0.5) is 0 Å². The van der Waals surface area contributed by atoms with E-state index >= 15 is 0 Å². The van der Waals surface area contributed by atoms with Gasteiger partial charge in [0.2, 0.25) is 0 Å². The molecule has 2 aromatic carbocycles. The van der Waals surface area contributed by atoms with Crippen LogP contribution in [0.25, 0.3) is 11.0 Å². The van der Waals surface area contributed by atoms with Gasteiger partial charge < -0.3 is 9.15 Å². The number of hydrazine groups is 1. The molecular weight excluding hydrogens is 252 g/mol. The van der Waals surface area contributed by atoms with E-state index in [1.807, 2.05) is 54.6 Å². The summed E-state index contributed by atoms with van der Waals surface area (Å²) in [5, 5.41) is 1.05. The van der Waals surface area contributed by atoms with Crippen LogP contribution in [0.2, 0.25) is 0 Å². The highest BCUT2D eigenvalue weighted by Gasteiger charge is 2.20. The zero-order valence-corrected chi connectivity index (χ0v) is 11.2. The number of benzene rings is 2. The van der Waals surface area contributed by atoms with Crippen molar-refractivity contribution in [1.82, 2.24) is 5.43 Å². The predicted octanol–water partition coefficient (Wildman–Crippen LogP) is 2.99. The van der Waals surface area contributed by atoms with E-state index in [-0.39, 0.29) is 6.04 Å². The first-order chi connectivity index (χ1) is 9.83. The van der Waals surface area contributed by atoms with Crippen molar-refractivity contribution in [3.63, 3.8) is 0 Å². The Labute approximate surface area is 117 Å². The molecule has 102 valence electrons. The fourth-order valence-corrected chi connectivity index (χ4v) is 2.37. The molecule has 3 aromatic rings. The number of nitrogens with two attached hydrogens (primary N) is 1. The summed E-state index contributed by atoms with van der Waals surface area (Å²) < 4.78 is 11.3. The van der Waals surface area contributed by atoms with E-state index in [9.17, 15) is 0 Å². The fourth-order valence-electron chi connectivity index (χ4n) is 2.37. The molecule has 1 aromatic heterocycles. The lowest BCUT2D eigenvalue weighted by atomic mass is 10.0. The van der Waals surface area contributed by atoms with Crippen molar-refractivity contribution in [3.05, 3.63) is 65.9 Å². The Kier molecular flexibility index (Phi) is 3.41. The summed E-state index contributed by atoms with van der Waals surface area (Å²) in [6.45, 7) is 0. The molecule has 0 fully saturated rings. The van der Waals surface area contributed by atoms with Crippen molar-refractivity contribution in [2.45, 2.75) is 6.04 Å². The normalized spacial score (nSPS) is 12.5. The van der Waals surface area contributed by atoms with E-state index in [0.717, 1.165) is 28.0 Å². The number of ether oxygens (including phenoxy) is 1. The van der Waals surface area contributed by atoms with Gasteiger partial charge in [-0.15, -0.1) is 0 Å². The first-order valence-electron chi connectivity index (χ1n) is 6.41. The number of nitrogens with one attached hydrogen (secondary N) is 1. The Hall–Kier alpha value is -2.30. The second kappa shape index (κ2) is 5.36. The van der Waals surface area contributed by atoms with E-state index in [4.69, 9.17) is 15.0 Å². The van der Waals surface area contributed by atoms with Crippen molar-refractivity contribution < 1.29 is 9.15 Å². The molecule has 3 rings (SSSR count). The summed E-state index contributed by atoms with van der Waals surface area (Å²) in [6.07, 6.45) is 0. The molecule has 0 amide bonds. The molecule has 0 radical (unpaired) electrons. The first kappa shape index (κ1) is 12.7. The van der Waals surface area contributed by atoms with Crippen LogP contribution in [0.5, 0.6) is 5.75 Å². The van der Waals surface area contributed by atoms with Crippen LogP contribution in [0, 0.1) is 0 Å². The molecule has 0 saturated carbocycles. The maximum absolute atomic E-state index is 5.88. The number of hydrogen-bond donors (Lipinski definition) is 2. The smallest absolute Gasteiger partial charge is 0.134 e. The lowest BCUT2D eigenvalue weighted by molar-refractivity contribution is 0.396. The van der Waals surface area contributed by atoms with Gasteiger partial charge >= 0.3 is 0 Å². The second-order valence-electron chi connectivity index (χ2n) is 4.53. The molecule has 0 aliphatic heterocycles. The molecule has 1 atom stereocenters.